The molecule has 176 valence electrons. The van der Waals surface area contributed by atoms with Gasteiger partial charge in [0.25, 0.3) is 0 Å². The molecule has 2 amide bonds. The molecule has 1 aliphatic rings. The SMILES string of the molecule is CC(NC(=O)C1CCN(C(=O)CCc2ccccc2)CC1)C(c1ccccc1)c1ccccc1. The number of rotatable bonds is 8. The Morgan fingerprint density at radius 2 is 1.32 bits per heavy atom. The fourth-order valence-electron chi connectivity index (χ4n) is 4.96. The zero-order valence-electron chi connectivity index (χ0n) is 19.9. The summed E-state index contributed by atoms with van der Waals surface area (Å²) >= 11 is 0. The molecule has 0 radical (unpaired) electrons. The third kappa shape index (κ3) is 6.13. The summed E-state index contributed by atoms with van der Waals surface area (Å²) in [6.45, 7) is 3.40. The largest absolute Gasteiger partial charge is 0.352 e. The highest BCUT2D eigenvalue weighted by Gasteiger charge is 2.30. The van der Waals surface area contributed by atoms with E-state index in [1.54, 1.807) is 0 Å². The van der Waals surface area contributed by atoms with E-state index < -0.39 is 0 Å². The number of nitrogens with one attached hydrogen (secondary N) is 1. The van der Waals surface area contributed by atoms with E-state index in [2.05, 4.69) is 48.6 Å². The predicted octanol–water partition coefficient (Wildman–Crippen LogP) is 5.19. The van der Waals surface area contributed by atoms with Crippen LogP contribution in [0.1, 0.15) is 48.8 Å². The summed E-state index contributed by atoms with van der Waals surface area (Å²) in [4.78, 5) is 27.7. The molecule has 0 saturated carbocycles. The van der Waals surface area contributed by atoms with Crippen LogP contribution in [0.25, 0.3) is 0 Å². The van der Waals surface area contributed by atoms with Crippen molar-refractivity contribution in [1.82, 2.24) is 10.2 Å². The van der Waals surface area contributed by atoms with Gasteiger partial charge < -0.3 is 10.2 Å². The number of carbonyl (C=O) groups excluding carboxylic acids is 2. The molecule has 0 spiro atoms. The Labute approximate surface area is 203 Å². The Balaban J connectivity index is 1.31. The number of nitrogens with zero attached hydrogens (tertiary/aromatic N) is 1. The lowest BCUT2D eigenvalue weighted by Crippen LogP contribution is -2.46. The minimum atomic E-state index is -0.0483. The number of carbonyl (C=O) groups is 2. The van der Waals surface area contributed by atoms with E-state index in [0.717, 1.165) is 19.3 Å². The minimum Gasteiger partial charge on any atom is -0.352 e. The van der Waals surface area contributed by atoms with Crippen molar-refractivity contribution in [3.8, 4) is 0 Å². The maximum Gasteiger partial charge on any atom is 0.223 e. The van der Waals surface area contributed by atoms with Crippen LogP contribution in [0.4, 0.5) is 0 Å². The average molecular weight is 455 g/mol. The van der Waals surface area contributed by atoms with Gasteiger partial charge in [-0.15, -0.1) is 0 Å². The second-order valence-electron chi connectivity index (χ2n) is 9.24. The van der Waals surface area contributed by atoms with E-state index in [0.29, 0.717) is 19.5 Å². The molecule has 1 N–H and O–H groups in total. The van der Waals surface area contributed by atoms with Gasteiger partial charge in [0.15, 0.2) is 0 Å². The summed E-state index contributed by atoms with van der Waals surface area (Å²) in [5, 5.41) is 3.29. The molecule has 1 unspecified atom stereocenters. The van der Waals surface area contributed by atoms with Crippen molar-refractivity contribution in [1.29, 1.82) is 0 Å². The van der Waals surface area contributed by atoms with Gasteiger partial charge in [-0.05, 0) is 42.9 Å². The lowest BCUT2D eigenvalue weighted by atomic mass is 9.85. The first-order chi connectivity index (χ1) is 16.6. The molecule has 0 aromatic heterocycles. The van der Waals surface area contributed by atoms with Crippen LogP contribution >= 0.6 is 0 Å². The summed E-state index contributed by atoms with van der Waals surface area (Å²) in [6, 6.07) is 30.8. The molecule has 1 saturated heterocycles. The van der Waals surface area contributed by atoms with Gasteiger partial charge in [0, 0.05) is 37.4 Å². The summed E-state index contributed by atoms with van der Waals surface area (Å²) < 4.78 is 0. The number of benzene rings is 3. The molecule has 0 bridgehead atoms. The van der Waals surface area contributed by atoms with Crippen molar-refractivity contribution in [2.45, 2.75) is 44.6 Å². The van der Waals surface area contributed by atoms with Gasteiger partial charge in [0.1, 0.15) is 0 Å². The highest BCUT2D eigenvalue weighted by molar-refractivity contribution is 5.80. The van der Waals surface area contributed by atoms with Gasteiger partial charge in [0.2, 0.25) is 11.8 Å². The van der Waals surface area contributed by atoms with Crippen LogP contribution in [0.15, 0.2) is 91.0 Å². The number of hydrogen-bond acceptors (Lipinski definition) is 2. The number of piperidine rings is 1. The van der Waals surface area contributed by atoms with Crippen molar-refractivity contribution in [3.05, 3.63) is 108 Å². The smallest absolute Gasteiger partial charge is 0.223 e. The van der Waals surface area contributed by atoms with Gasteiger partial charge >= 0.3 is 0 Å². The van der Waals surface area contributed by atoms with E-state index >= 15 is 0 Å². The quantitative estimate of drug-likeness (QED) is 0.509. The van der Waals surface area contributed by atoms with Crippen LogP contribution in [0.3, 0.4) is 0 Å². The third-order valence-electron chi connectivity index (χ3n) is 6.88. The van der Waals surface area contributed by atoms with Crippen molar-refractivity contribution in [2.24, 2.45) is 5.92 Å². The summed E-state index contributed by atoms with van der Waals surface area (Å²) in [5.74, 6) is 0.323. The Kier molecular flexibility index (Phi) is 8.13. The second-order valence-corrected chi connectivity index (χ2v) is 9.24. The van der Waals surface area contributed by atoms with Gasteiger partial charge in [-0.1, -0.05) is 91.0 Å². The fourth-order valence-corrected chi connectivity index (χ4v) is 4.96. The van der Waals surface area contributed by atoms with Crippen LogP contribution < -0.4 is 5.32 Å². The Hall–Kier alpha value is -3.40. The molecular weight excluding hydrogens is 420 g/mol. The van der Waals surface area contributed by atoms with Crippen LogP contribution in [-0.4, -0.2) is 35.8 Å². The molecule has 4 nitrogen and oxygen atoms in total. The van der Waals surface area contributed by atoms with Crippen molar-refractivity contribution in [2.75, 3.05) is 13.1 Å². The first kappa shape index (κ1) is 23.7. The zero-order chi connectivity index (χ0) is 23.8. The van der Waals surface area contributed by atoms with Crippen LogP contribution in [0, 0.1) is 5.92 Å². The van der Waals surface area contributed by atoms with Gasteiger partial charge in [-0.2, -0.15) is 0 Å². The fraction of sp³-hybridized carbons (Fsp3) is 0.333. The van der Waals surface area contributed by atoms with Gasteiger partial charge in [0.05, 0.1) is 0 Å². The normalized spacial score (nSPS) is 15.2. The van der Waals surface area contributed by atoms with Crippen LogP contribution in [0.5, 0.6) is 0 Å². The molecule has 3 aromatic carbocycles. The standard InChI is InChI=1S/C30H34N2O2/c1-23(29(25-13-7-3-8-14-25)26-15-9-4-10-16-26)31-30(34)27-19-21-32(22-20-27)28(33)18-17-24-11-5-2-6-12-24/h2-16,23,27,29H,17-22H2,1H3,(H,31,34). The first-order valence-electron chi connectivity index (χ1n) is 12.3. The minimum absolute atomic E-state index is 0.0390. The average Bonchev–Trinajstić information content (AvgIpc) is 2.89. The number of aryl methyl sites for hydroxylation is 1. The Bertz CT molecular complexity index is 1010. The Morgan fingerprint density at radius 3 is 1.85 bits per heavy atom. The van der Waals surface area contributed by atoms with Crippen LogP contribution in [-0.2, 0) is 16.0 Å². The van der Waals surface area contributed by atoms with Crippen molar-refractivity contribution < 1.29 is 9.59 Å². The lowest BCUT2D eigenvalue weighted by molar-refractivity contribution is -0.135. The monoisotopic (exact) mass is 454 g/mol. The van der Waals surface area contributed by atoms with Crippen molar-refractivity contribution in [3.63, 3.8) is 0 Å². The first-order valence-corrected chi connectivity index (χ1v) is 12.3. The number of likely N-dealkylation sites (tertiary alicyclic amines) is 1. The van der Waals surface area contributed by atoms with Crippen LogP contribution in [0.2, 0.25) is 0 Å². The van der Waals surface area contributed by atoms with E-state index in [1.165, 1.54) is 16.7 Å². The van der Waals surface area contributed by atoms with E-state index in [-0.39, 0.29) is 29.7 Å². The maximum absolute atomic E-state index is 13.1. The third-order valence-corrected chi connectivity index (χ3v) is 6.88. The molecule has 1 fully saturated rings. The molecule has 1 aliphatic heterocycles. The molecule has 4 rings (SSSR count). The topological polar surface area (TPSA) is 49.4 Å². The molecule has 3 aromatic rings. The van der Waals surface area contributed by atoms with Gasteiger partial charge in [-0.3, -0.25) is 9.59 Å². The molecule has 0 aliphatic carbocycles. The summed E-state index contributed by atoms with van der Waals surface area (Å²) in [6.07, 6.45) is 2.72. The molecular formula is C30H34N2O2. The zero-order valence-corrected chi connectivity index (χ0v) is 19.9. The molecule has 34 heavy (non-hydrogen) atoms. The number of hydrogen-bond donors (Lipinski definition) is 1. The van der Waals surface area contributed by atoms with E-state index in [1.807, 2.05) is 59.5 Å². The van der Waals surface area contributed by atoms with E-state index in [4.69, 9.17) is 0 Å². The molecule has 4 heteroatoms. The summed E-state index contributed by atoms with van der Waals surface area (Å²) in [5.41, 5.74) is 3.58. The summed E-state index contributed by atoms with van der Waals surface area (Å²) in [7, 11) is 0. The Morgan fingerprint density at radius 1 is 0.824 bits per heavy atom. The van der Waals surface area contributed by atoms with Gasteiger partial charge in [-0.25, -0.2) is 0 Å². The predicted molar refractivity (Wildman–Crippen MR) is 136 cm³/mol. The maximum atomic E-state index is 13.1. The second kappa shape index (κ2) is 11.6. The van der Waals surface area contributed by atoms with Crippen molar-refractivity contribution >= 4 is 11.8 Å². The van der Waals surface area contributed by atoms with E-state index in [9.17, 15) is 9.59 Å². The highest BCUT2D eigenvalue weighted by atomic mass is 16.2. The lowest BCUT2D eigenvalue weighted by Gasteiger charge is -2.33. The molecule has 1 atom stereocenters. The highest BCUT2D eigenvalue weighted by Crippen LogP contribution is 2.28. The number of amides is 2. The molecule has 1 heterocycles.